The Morgan fingerprint density at radius 2 is 2.04 bits per heavy atom. The molecule has 1 aliphatic carbocycles. The summed E-state index contributed by atoms with van der Waals surface area (Å²) < 4.78 is 5.60. The van der Waals surface area contributed by atoms with Crippen LogP contribution in [0.25, 0.3) is 10.4 Å². The van der Waals surface area contributed by atoms with E-state index in [1.165, 1.54) is 28.2 Å². The van der Waals surface area contributed by atoms with Gasteiger partial charge >= 0.3 is 0 Å². The lowest BCUT2D eigenvalue weighted by molar-refractivity contribution is 0.535. The Kier molecular flexibility index (Phi) is 5.01. The zero-order chi connectivity index (χ0) is 19.0. The maximum absolute atomic E-state index is 4.64. The number of hydrogen-bond acceptors (Lipinski definition) is 6. The van der Waals surface area contributed by atoms with E-state index in [1.54, 1.807) is 23.3 Å². The maximum Gasteiger partial charge on any atom is 0.152 e. The lowest BCUT2D eigenvalue weighted by Crippen LogP contribution is -2.29. The molecule has 1 saturated carbocycles. The number of benzene rings is 1. The van der Waals surface area contributed by atoms with Gasteiger partial charge in [-0.2, -0.15) is 5.10 Å². The van der Waals surface area contributed by atoms with Crippen LogP contribution in [0.5, 0.6) is 0 Å². The van der Waals surface area contributed by atoms with Crippen molar-refractivity contribution >= 4 is 34.8 Å². The Morgan fingerprint density at radius 1 is 1.22 bits per heavy atom. The number of thiazole rings is 1. The van der Waals surface area contributed by atoms with E-state index < -0.39 is 0 Å². The molecule has 0 radical (unpaired) electrons. The van der Waals surface area contributed by atoms with E-state index in [4.69, 9.17) is 0 Å². The summed E-state index contributed by atoms with van der Waals surface area (Å²) in [6.07, 6.45) is 4.54. The van der Waals surface area contributed by atoms with Crippen LogP contribution in [0.4, 0.5) is 11.5 Å². The molecule has 27 heavy (non-hydrogen) atoms. The van der Waals surface area contributed by atoms with E-state index in [-0.39, 0.29) is 5.54 Å². The van der Waals surface area contributed by atoms with Gasteiger partial charge in [0.1, 0.15) is 0 Å². The summed E-state index contributed by atoms with van der Waals surface area (Å²) >= 11 is 3.35. The third kappa shape index (κ3) is 4.54. The van der Waals surface area contributed by atoms with Crippen LogP contribution in [0.2, 0.25) is 0 Å². The van der Waals surface area contributed by atoms with Crippen LogP contribution >= 0.6 is 23.3 Å². The Morgan fingerprint density at radius 3 is 2.70 bits per heavy atom. The second-order valence-electron chi connectivity index (χ2n) is 7.97. The fourth-order valence-electron chi connectivity index (χ4n) is 2.74. The minimum Gasteiger partial charge on any atom is -0.339 e. The van der Waals surface area contributed by atoms with E-state index in [1.807, 2.05) is 11.6 Å². The zero-order valence-electron chi connectivity index (χ0n) is 16.1. The van der Waals surface area contributed by atoms with Crippen LogP contribution in [0.3, 0.4) is 0 Å². The van der Waals surface area contributed by atoms with E-state index in [9.17, 15) is 0 Å². The van der Waals surface area contributed by atoms with E-state index in [2.05, 4.69) is 76.9 Å². The number of aromatic nitrogens is 3. The summed E-state index contributed by atoms with van der Waals surface area (Å²) in [6, 6.07) is 9.12. The molecule has 2 aromatic heterocycles. The van der Waals surface area contributed by atoms with Crippen molar-refractivity contribution in [3.8, 4) is 10.4 Å². The van der Waals surface area contributed by atoms with Gasteiger partial charge in [-0.3, -0.25) is 9.40 Å². The number of hydrogen-bond donors (Lipinski definition) is 2. The van der Waals surface area contributed by atoms with Gasteiger partial charge in [0.25, 0.3) is 0 Å². The van der Waals surface area contributed by atoms with Gasteiger partial charge in [-0.15, -0.1) is 11.3 Å². The standard InChI is InChI=1S/C20H25N5S2/c1-13-19(26-12-21-13)16-8-5-14(11-17(16)27-24-20(2,3)4)22-18-9-10-25(23-18)15-6-7-15/h5,8-12,15,24H,6-7H2,1-4H3,(H,22,23). The maximum atomic E-state index is 4.64. The van der Waals surface area contributed by atoms with Crippen molar-refractivity contribution in [2.24, 2.45) is 0 Å². The summed E-state index contributed by atoms with van der Waals surface area (Å²) in [4.78, 5) is 6.82. The molecule has 0 aliphatic heterocycles. The molecule has 1 aromatic carbocycles. The van der Waals surface area contributed by atoms with Gasteiger partial charge in [0.15, 0.2) is 5.82 Å². The van der Waals surface area contributed by atoms with Crippen molar-refractivity contribution in [2.45, 2.75) is 57.0 Å². The quantitative estimate of drug-likeness (QED) is 0.514. The summed E-state index contributed by atoms with van der Waals surface area (Å²) in [5.41, 5.74) is 5.26. The smallest absolute Gasteiger partial charge is 0.152 e. The molecule has 3 aromatic rings. The SMILES string of the molecule is Cc1ncsc1-c1ccc(Nc2ccn(C3CC3)n2)cc1SNC(C)(C)C. The van der Waals surface area contributed by atoms with E-state index >= 15 is 0 Å². The largest absolute Gasteiger partial charge is 0.339 e. The first-order valence-electron chi connectivity index (χ1n) is 9.20. The van der Waals surface area contributed by atoms with E-state index in [0.29, 0.717) is 6.04 Å². The first-order valence-corrected chi connectivity index (χ1v) is 10.9. The average molecular weight is 400 g/mol. The molecule has 0 spiro atoms. The monoisotopic (exact) mass is 399 g/mol. The highest BCUT2D eigenvalue weighted by Gasteiger charge is 2.24. The lowest BCUT2D eigenvalue weighted by atomic mass is 10.1. The zero-order valence-corrected chi connectivity index (χ0v) is 17.7. The number of rotatable bonds is 6. The minimum atomic E-state index is 0.0250. The number of aryl methyl sites for hydroxylation is 1. The number of nitrogens with zero attached hydrogens (tertiary/aromatic N) is 3. The Labute approximate surface area is 168 Å². The van der Waals surface area contributed by atoms with Crippen LogP contribution in [0, 0.1) is 6.92 Å². The highest BCUT2D eigenvalue weighted by atomic mass is 32.2. The molecular weight excluding hydrogens is 374 g/mol. The van der Waals surface area contributed by atoms with Crippen molar-refractivity contribution in [3.63, 3.8) is 0 Å². The van der Waals surface area contributed by atoms with Crippen LogP contribution in [0.1, 0.15) is 45.3 Å². The summed E-state index contributed by atoms with van der Waals surface area (Å²) in [5, 5.41) is 8.09. The normalized spacial score (nSPS) is 14.5. The van der Waals surface area contributed by atoms with Crippen molar-refractivity contribution in [2.75, 3.05) is 5.32 Å². The van der Waals surface area contributed by atoms with Gasteiger partial charge < -0.3 is 5.32 Å². The van der Waals surface area contributed by atoms with E-state index in [0.717, 1.165) is 17.2 Å². The summed E-state index contributed by atoms with van der Waals surface area (Å²) in [5.74, 6) is 0.892. The molecular formula is C20H25N5S2. The first-order chi connectivity index (χ1) is 12.9. The van der Waals surface area contributed by atoms with Crippen LogP contribution in [-0.4, -0.2) is 20.3 Å². The first kappa shape index (κ1) is 18.5. The molecule has 142 valence electrons. The molecule has 2 heterocycles. The Balaban J connectivity index is 1.61. The van der Waals surface area contributed by atoms with Gasteiger partial charge in [-0.25, -0.2) is 4.98 Å². The highest BCUT2D eigenvalue weighted by molar-refractivity contribution is 7.97. The van der Waals surface area contributed by atoms with Crippen molar-refractivity contribution < 1.29 is 0 Å². The molecule has 0 bridgehead atoms. The molecule has 4 rings (SSSR count). The molecule has 5 nitrogen and oxygen atoms in total. The third-order valence-electron chi connectivity index (χ3n) is 4.24. The second kappa shape index (κ2) is 7.30. The van der Waals surface area contributed by atoms with Crippen LogP contribution < -0.4 is 10.0 Å². The molecule has 0 unspecified atom stereocenters. The molecule has 1 fully saturated rings. The minimum absolute atomic E-state index is 0.0250. The van der Waals surface area contributed by atoms with Gasteiger partial charge in [0.2, 0.25) is 0 Å². The predicted octanol–water partition coefficient (Wildman–Crippen LogP) is 5.79. The predicted molar refractivity (Wildman–Crippen MR) is 115 cm³/mol. The average Bonchev–Trinajstić information content (AvgIpc) is 3.22. The van der Waals surface area contributed by atoms with Crippen molar-refractivity contribution in [1.82, 2.24) is 19.5 Å². The molecule has 7 heteroatoms. The van der Waals surface area contributed by atoms with Gasteiger partial charge in [0, 0.05) is 33.9 Å². The Hall–Kier alpha value is -1.83. The molecule has 0 amide bonds. The van der Waals surface area contributed by atoms with Crippen LogP contribution in [-0.2, 0) is 0 Å². The van der Waals surface area contributed by atoms with Gasteiger partial charge in [-0.1, -0.05) is 6.07 Å². The fraction of sp³-hybridized carbons (Fsp3) is 0.400. The third-order valence-corrected chi connectivity index (χ3v) is 6.47. The molecule has 0 atom stereocenters. The number of nitrogens with one attached hydrogen (secondary N) is 2. The van der Waals surface area contributed by atoms with Crippen molar-refractivity contribution in [1.29, 1.82) is 0 Å². The number of anilines is 2. The van der Waals surface area contributed by atoms with Crippen molar-refractivity contribution in [3.05, 3.63) is 41.7 Å². The fourth-order valence-corrected chi connectivity index (χ4v) is 4.53. The second-order valence-corrected chi connectivity index (χ2v) is 9.67. The van der Waals surface area contributed by atoms with Gasteiger partial charge in [-0.05, 0) is 64.6 Å². The van der Waals surface area contributed by atoms with Gasteiger partial charge in [0.05, 0.1) is 22.1 Å². The Bertz CT molecular complexity index is 934. The molecule has 0 saturated heterocycles. The summed E-state index contributed by atoms with van der Waals surface area (Å²) in [6.45, 7) is 8.58. The molecule has 2 N–H and O–H groups in total. The lowest BCUT2D eigenvalue weighted by Gasteiger charge is -2.21. The molecule has 1 aliphatic rings. The highest BCUT2D eigenvalue weighted by Crippen LogP contribution is 2.38. The van der Waals surface area contributed by atoms with Crippen LogP contribution in [0.15, 0.2) is 40.9 Å². The topological polar surface area (TPSA) is 54.8 Å². The summed E-state index contributed by atoms with van der Waals surface area (Å²) in [7, 11) is 0.